The molecule has 1 amide bonds. The number of nitrogens with zero attached hydrogens (tertiary/aromatic N) is 1. The van der Waals surface area contributed by atoms with E-state index >= 15 is 0 Å². The van der Waals surface area contributed by atoms with Crippen molar-refractivity contribution in [3.8, 4) is 0 Å². The number of carbonyl (C=O) groups is 2. The molecule has 26 heavy (non-hydrogen) atoms. The van der Waals surface area contributed by atoms with E-state index < -0.39 is 5.60 Å². The van der Waals surface area contributed by atoms with E-state index in [1.54, 1.807) is 11.9 Å². The Morgan fingerprint density at radius 3 is 2.58 bits per heavy atom. The van der Waals surface area contributed by atoms with Crippen LogP contribution in [-0.2, 0) is 20.7 Å². The molecule has 2 aromatic rings. The minimum atomic E-state index is -0.457. The third kappa shape index (κ3) is 6.21. The van der Waals surface area contributed by atoms with Crippen LogP contribution in [0.25, 0.3) is 10.9 Å². The van der Waals surface area contributed by atoms with Gasteiger partial charge in [-0.2, -0.15) is 0 Å². The van der Waals surface area contributed by atoms with Crippen LogP contribution in [0, 0.1) is 0 Å². The zero-order valence-corrected chi connectivity index (χ0v) is 16.3. The molecule has 1 aromatic heterocycles. The lowest BCUT2D eigenvalue weighted by atomic mass is 10.1. The summed E-state index contributed by atoms with van der Waals surface area (Å²) in [6.07, 6.45) is 5.20. The third-order valence-electron chi connectivity index (χ3n) is 4.23. The second-order valence-electron chi connectivity index (χ2n) is 7.72. The summed E-state index contributed by atoms with van der Waals surface area (Å²) in [4.78, 5) is 28.9. The summed E-state index contributed by atoms with van der Waals surface area (Å²) in [6.45, 7) is 6.14. The number of ether oxygens (including phenoxy) is 1. The summed E-state index contributed by atoms with van der Waals surface area (Å²) >= 11 is 0. The standard InChI is InChI=1S/C21H30N2O3/c1-21(2,3)26-20(25)13-8-14-23(4)19(24)12-7-9-16-15-22-18-11-6-5-10-17(16)18/h5-6,10-11,15,22H,7-9,12-14H2,1-4H3. The van der Waals surface area contributed by atoms with Gasteiger partial charge in [0.05, 0.1) is 0 Å². The minimum Gasteiger partial charge on any atom is -0.460 e. The molecule has 5 heteroatoms. The third-order valence-corrected chi connectivity index (χ3v) is 4.23. The van der Waals surface area contributed by atoms with Crippen molar-refractivity contribution in [3.05, 3.63) is 36.0 Å². The molecule has 0 spiro atoms. The number of amides is 1. The molecule has 0 unspecified atom stereocenters. The van der Waals surface area contributed by atoms with Crippen LogP contribution in [-0.4, -0.2) is 41.0 Å². The first-order chi connectivity index (χ1) is 12.3. The van der Waals surface area contributed by atoms with Gasteiger partial charge in [-0.25, -0.2) is 0 Å². The van der Waals surface area contributed by atoms with Crippen molar-refractivity contribution in [1.82, 2.24) is 9.88 Å². The Bertz CT molecular complexity index is 743. The predicted octanol–water partition coefficient (Wildman–Crippen LogP) is 4.07. The van der Waals surface area contributed by atoms with Crippen LogP contribution in [0.5, 0.6) is 0 Å². The van der Waals surface area contributed by atoms with Crippen LogP contribution < -0.4 is 0 Å². The van der Waals surface area contributed by atoms with Crippen molar-refractivity contribution < 1.29 is 14.3 Å². The van der Waals surface area contributed by atoms with E-state index in [4.69, 9.17) is 4.74 Å². The Balaban J connectivity index is 1.68. The molecule has 0 saturated carbocycles. The number of hydrogen-bond acceptors (Lipinski definition) is 3. The average Bonchev–Trinajstić information content (AvgIpc) is 2.96. The second-order valence-corrected chi connectivity index (χ2v) is 7.72. The van der Waals surface area contributed by atoms with Crippen molar-refractivity contribution in [2.24, 2.45) is 0 Å². The first kappa shape index (κ1) is 20.0. The Morgan fingerprint density at radius 2 is 1.85 bits per heavy atom. The zero-order chi connectivity index (χ0) is 19.2. The van der Waals surface area contributed by atoms with Gasteiger partial charge in [-0.1, -0.05) is 18.2 Å². The molecule has 0 aliphatic heterocycles. The molecule has 0 fully saturated rings. The highest BCUT2D eigenvalue weighted by atomic mass is 16.6. The number of nitrogens with one attached hydrogen (secondary N) is 1. The van der Waals surface area contributed by atoms with Crippen molar-refractivity contribution in [2.75, 3.05) is 13.6 Å². The monoisotopic (exact) mass is 358 g/mol. The molecule has 2 rings (SSSR count). The van der Waals surface area contributed by atoms with Gasteiger partial charge >= 0.3 is 5.97 Å². The Morgan fingerprint density at radius 1 is 1.12 bits per heavy atom. The van der Waals surface area contributed by atoms with Crippen molar-refractivity contribution >= 4 is 22.8 Å². The molecule has 0 saturated heterocycles. The lowest BCUT2D eigenvalue weighted by molar-refractivity contribution is -0.155. The Hall–Kier alpha value is -2.30. The van der Waals surface area contributed by atoms with Gasteiger partial charge in [0, 0.05) is 43.5 Å². The van der Waals surface area contributed by atoms with Gasteiger partial charge in [-0.15, -0.1) is 0 Å². The fraction of sp³-hybridized carbons (Fsp3) is 0.524. The van der Waals surface area contributed by atoms with Crippen molar-refractivity contribution in [2.45, 2.75) is 58.5 Å². The molecule has 0 radical (unpaired) electrons. The summed E-state index contributed by atoms with van der Waals surface area (Å²) in [6, 6.07) is 8.20. The first-order valence-corrected chi connectivity index (χ1v) is 9.27. The topological polar surface area (TPSA) is 62.4 Å². The molecule has 0 aliphatic carbocycles. The summed E-state index contributed by atoms with van der Waals surface area (Å²) < 4.78 is 5.28. The molecule has 1 aromatic carbocycles. The number of H-pyrrole nitrogens is 1. The smallest absolute Gasteiger partial charge is 0.306 e. The highest BCUT2D eigenvalue weighted by molar-refractivity contribution is 5.83. The number of para-hydroxylation sites is 1. The van der Waals surface area contributed by atoms with Gasteiger partial charge in [0.1, 0.15) is 5.60 Å². The van der Waals surface area contributed by atoms with Crippen molar-refractivity contribution in [3.63, 3.8) is 0 Å². The van der Waals surface area contributed by atoms with Crippen LogP contribution in [0.1, 0.15) is 52.0 Å². The van der Waals surface area contributed by atoms with E-state index in [1.165, 1.54) is 10.9 Å². The molecule has 0 aliphatic rings. The fourth-order valence-electron chi connectivity index (χ4n) is 2.94. The first-order valence-electron chi connectivity index (χ1n) is 9.27. The predicted molar refractivity (Wildman–Crippen MR) is 104 cm³/mol. The molecule has 0 bridgehead atoms. The van der Waals surface area contributed by atoms with Gasteiger partial charge in [-0.3, -0.25) is 9.59 Å². The SMILES string of the molecule is CN(CCCC(=O)OC(C)(C)C)C(=O)CCCc1c[nH]c2ccccc12. The largest absolute Gasteiger partial charge is 0.460 e. The van der Waals surface area contributed by atoms with E-state index in [0.717, 1.165) is 18.4 Å². The number of hydrogen-bond donors (Lipinski definition) is 1. The fourth-order valence-corrected chi connectivity index (χ4v) is 2.94. The molecule has 5 nitrogen and oxygen atoms in total. The van der Waals surface area contributed by atoms with E-state index in [-0.39, 0.29) is 11.9 Å². The number of fused-ring (bicyclic) bond motifs is 1. The summed E-state index contributed by atoms with van der Waals surface area (Å²) in [5.74, 6) is -0.0910. The zero-order valence-electron chi connectivity index (χ0n) is 16.3. The number of aryl methyl sites for hydroxylation is 1. The quantitative estimate of drug-likeness (QED) is 0.724. The minimum absolute atomic E-state index is 0.119. The van der Waals surface area contributed by atoms with Gasteiger partial charge in [0.25, 0.3) is 0 Å². The van der Waals surface area contributed by atoms with E-state index in [0.29, 0.717) is 25.8 Å². The highest BCUT2D eigenvalue weighted by Gasteiger charge is 2.16. The van der Waals surface area contributed by atoms with Crippen LogP contribution >= 0.6 is 0 Å². The number of aromatic nitrogens is 1. The maximum atomic E-state index is 12.2. The maximum Gasteiger partial charge on any atom is 0.306 e. The van der Waals surface area contributed by atoms with Gasteiger partial charge in [0.15, 0.2) is 0 Å². The lowest BCUT2D eigenvalue weighted by Gasteiger charge is -2.20. The number of esters is 1. The maximum absolute atomic E-state index is 12.2. The second kappa shape index (κ2) is 8.88. The van der Waals surface area contributed by atoms with E-state index in [9.17, 15) is 9.59 Å². The molecule has 1 heterocycles. The van der Waals surface area contributed by atoms with Crippen LogP contribution in [0.15, 0.2) is 30.5 Å². The summed E-state index contributed by atoms with van der Waals surface area (Å²) in [7, 11) is 1.79. The van der Waals surface area contributed by atoms with E-state index in [2.05, 4.69) is 17.1 Å². The molecule has 1 N–H and O–H groups in total. The number of benzene rings is 1. The highest BCUT2D eigenvalue weighted by Crippen LogP contribution is 2.19. The molecular weight excluding hydrogens is 328 g/mol. The summed E-state index contributed by atoms with van der Waals surface area (Å²) in [5.41, 5.74) is 1.93. The number of carbonyl (C=O) groups excluding carboxylic acids is 2. The van der Waals surface area contributed by atoms with Crippen LogP contribution in [0.2, 0.25) is 0 Å². The Labute approximate surface area is 155 Å². The average molecular weight is 358 g/mol. The summed E-state index contributed by atoms with van der Waals surface area (Å²) in [5, 5.41) is 1.23. The van der Waals surface area contributed by atoms with Gasteiger partial charge < -0.3 is 14.6 Å². The van der Waals surface area contributed by atoms with E-state index in [1.807, 2.05) is 39.1 Å². The number of rotatable bonds is 8. The molecule has 0 atom stereocenters. The molecular formula is C21H30N2O3. The van der Waals surface area contributed by atoms with Crippen LogP contribution in [0.4, 0.5) is 0 Å². The van der Waals surface area contributed by atoms with Crippen LogP contribution in [0.3, 0.4) is 0 Å². The number of aromatic amines is 1. The Kier molecular flexibility index (Phi) is 6.83. The van der Waals surface area contributed by atoms with Gasteiger partial charge in [0.2, 0.25) is 5.91 Å². The van der Waals surface area contributed by atoms with Crippen molar-refractivity contribution in [1.29, 1.82) is 0 Å². The normalized spacial score (nSPS) is 11.5. The van der Waals surface area contributed by atoms with Gasteiger partial charge in [-0.05, 0) is 51.7 Å². The lowest BCUT2D eigenvalue weighted by Crippen LogP contribution is -2.29. The molecule has 142 valence electrons.